The van der Waals surface area contributed by atoms with E-state index in [0.717, 1.165) is 24.3 Å². The molecule has 0 atom stereocenters. The average Bonchev–Trinajstić information content (AvgIpc) is 2.86. The number of nitrogens with one attached hydrogen (secondary N) is 3. The van der Waals surface area contributed by atoms with E-state index in [1.807, 2.05) is 6.07 Å². The lowest BCUT2D eigenvalue weighted by Crippen LogP contribution is -2.40. The molecule has 10 heteroatoms. The molecule has 3 N–H and O–H groups in total. The van der Waals surface area contributed by atoms with E-state index >= 15 is 0 Å². The van der Waals surface area contributed by atoms with E-state index in [-0.39, 0.29) is 40.2 Å². The summed E-state index contributed by atoms with van der Waals surface area (Å²) in [6.07, 6.45) is 2.58. The number of carbonyl (C=O) groups excluding carboxylic acids is 2. The van der Waals surface area contributed by atoms with Crippen molar-refractivity contribution in [3.8, 4) is 0 Å². The first-order valence-corrected chi connectivity index (χ1v) is 12.1. The number of hydrogen-bond donors (Lipinski definition) is 3. The molecule has 0 bridgehead atoms. The predicted octanol–water partition coefficient (Wildman–Crippen LogP) is 5.70. The SMILES string of the molecule is O=C(NC(=NC1CCC(NC(=O)c2ccccc2)CC1)Nc1cc(F)cc(Cl)c1)c1ccc(F)c(F)c1. The molecule has 0 spiro atoms. The minimum absolute atomic E-state index is 0.00757. The summed E-state index contributed by atoms with van der Waals surface area (Å²) in [6.45, 7) is 0. The molecule has 4 rings (SSSR count). The number of carbonyl (C=O) groups is 2. The van der Waals surface area contributed by atoms with Crippen LogP contribution in [0.3, 0.4) is 0 Å². The number of anilines is 1. The third-order valence-electron chi connectivity index (χ3n) is 5.92. The van der Waals surface area contributed by atoms with Crippen molar-refractivity contribution in [3.05, 3.63) is 100 Å². The van der Waals surface area contributed by atoms with Crippen molar-refractivity contribution in [2.45, 2.75) is 37.8 Å². The molecule has 0 saturated heterocycles. The van der Waals surface area contributed by atoms with Crippen molar-refractivity contribution < 1.29 is 22.8 Å². The summed E-state index contributed by atoms with van der Waals surface area (Å²) >= 11 is 5.94. The van der Waals surface area contributed by atoms with E-state index in [1.54, 1.807) is 24.3 Å². The minimum Gasteiger partial charge on any atom is -0.349 e. The lowest BCUT2D eigenvalue weighted by Gasteiger charge is -2.27. The molecule has 0 unspecified atom stereocenters. The van der Waals surface area contributed by atoms with Crippen LogP contribution in [0.2, 0.25) is 5.02 Å². The minimum atomic E-state index is -1.16. The van der Waals surface area contributed by atoms with E-state index in [0.29, 0.717) is 31.2 Å². The standard InChI is InChI=1S/C27H24ClF3N4O2/c28-18-13-19(29)15-22(14-18)34-27(35-26(37)17-6-11-23(30)24(31)12-17)33-21-9-7-20(8-10-21)32-25(36)16-4-2-1-3-5-16/h1-6,11-15,20-21H,7-10H2,(H,32,36)(H2,33,34,35,37). The number of rotatable bonds is 5. The highest BCUT2D eigenvalue weighted by molar-refractivity contribution is 6.31. The Kier molecular flexibility index (Phi) is 8.45. The largest absolute Gasteiger partial charge is 0.349 e. The molecular formula is C27H24ClF3N4O2. The maximum absolute atomic E-state index is 13.9. The molecule has 2 amide bonds. The van der Waals surface area contributed by atoms with Crippen LogP contribution < -0.4 is 16.0 Å². The van der Waals surface area contributed by atoms with Crippen LogP contribution in [0.5, 0.6) is 0 Å². The Bertz CT molecular complexity index is 1290. The number of hydrogen-bond acceptors (Lipinski definition) is 3. The maximum Gasteiger partial charge on any atom is 0.258 e. The average molecular weight is 529 g/mol. The van der Waals surface area contributed by atoms with Crippen LogP contribution in [0, 0.1) is 17.5 Å². The molecular weight excluding hydrogens is 505 g/mol. The monoisotopic (exact) mass is 528 g/mol. The van der Waals surface area contributed by atoms with Crippen molar-refractivity contribution in [3.63, 3.8) is 0 Å². The summed E-state index contributed by atoms with van der Waals surface area (Å²) in [5.41, 5.74) is 0.721. The quantitative estimate of drug-likeness (QED) is 0.293. The van der Waals surface area contributed by atoms with Crippen LogP contribution >= 0.6 is 11.6 Å². The van der Waals surface area contributed by atoms with Crippen LogP contribution in [0.25, 0.3) is 0 Å². The van der Waals surface area contributed by atoms with Gasteiger partial charge in [-0.15, -0.1) is 0 Å². The molecule has 0 aliphatic heterocycles. The summed E-state index contributed by atoms with van der Waals surface area (Å²) < 4.78 is 40.8. The van der Waals surface area contributed by atoms with Gasteiger partial charge in [0.1, 0.15) is 5.82 Å². The molecule has 0 aromatic heterocycles. The van der Waals surface area contributed by atoms with Gasteiger partial charge in [-0.2, -0.15) is 0 Å². The third kappa shape index (κ3) is 7.33. The highest BCUT2D eigenvalue weighted by atomic mass is 35.5. The highest BCUT2D eigenvalue weighted by Crippen LogP contribution is 2.23. The van der Waals surface area contributed by atoms with Gasteiger partial charge in [0.15, 0.2) is 11.6 Å². The summed E-state index contributed by atoms with van der Waals surface area (Å²) in [4.78, 5) is 29.8. The van der Waals surface area contributed by atoms with Gasteiger partial charge in [-0.1, -0.05) is 29.8 Å². The summed E-state index contributed by atoms with van der Waals surface area (Å²) in [6, 6.07) is 15.3. The molecule has 3 aromatic rings. The lowest BCUT2D eigenvalue weighted by molar-refractivity contribution is 0.0924. The van der Waals surface area contributed by atoms with Gasteiger partial charge in [-0.05, 0) is 74.2 Å². The second-order valence-corrected chi connectivity index (χ2v) is 9.13. The van der Waals surface area contributed by atoms with E-state index in [1.165, 1.54) is 12.1 Å². The van der Waals surface area contributed by atoms with E-state index < -0.39 is 23.4 Å². The number of nitrogens with zero attached hydrogens (tertiary/aromatic N) is 1. The van der Waals surface area contributed by atoms with Crippen LogP contribution in [0.15, 0.2) is 71.7 Å². The Hall–Kier alpha value is -3.85. The van der Waals surface area contributed by atoms with Crippen molar-refractivity contribution in [2.24, 2.45) is 4.99 Å². The fourth-order valence-corrected chi connectivity index (χ4v) is 4.29. The molecule has 0 heterocycles. The molecule has 192 valence electrons. The van der Waals surface area contributed by atoms with Gasteiger partial charge in [0, 0.05) is 27.9 Å². The molecule has 1 aliphatic carbocycles. The zero-order valence-electron chi connectivity index (χ0n) is 19.6. The van der Waals surface area contributed by atoms with Gasteiger partial charge < -0.3 is 10.6 Å². The van der Waals surface area contributed by atoms with Gasteiger partial charge in [-0.25, -0.2) is 18.2 Å². The first-order valence-electron chi connectivity index (χ1n) is 11.7. The fraction of sp³-hybridized carbons (Fsp3) is 0.222. The maximum atomic E-state index is 13.9. The molecule has 0 radical (unpaired) electrons. The highest BCUT2D eigenvalue weighted by Gasteiger charge is 2.23. The second-order valence-electron chi connectivity index (χ2n) is 8.69. The topological polar surface area (TPSA) is 82.6 Å². The van der Waals surface area contributed by atoms with E-state index in [2.05, 4.69) is 20.9 Å². The smallest absolute Gasteiger partial charge is 0.258 e. The van der Waals surface area contributed by atoms with Crippen molar-refractivity contribution in [1.82, 2.24) is 10.6 Å². The molecule has 3 aromatic carbocycles. The first kappa shape index (κ1) is 26.2. The Balaban J connectivity index is 1.46. The Morgan fingerprint density at radius 1 is 0.811 bits per heavy atom. The Labute approximate surface area is 216 Å². The number of guanidine groups is 1. The zero-order valence-corrected chi connectivity index (χ0v) is 20.4. The van der Waals surface area contributed by atoms with Gasteiger partial charge in [0.25, 0.3) is 11.8 Å². The number of amides is 2. The second kappa shape index (κ2) is 11.9. The first-order chi connectivity index (χ1) is 17.8. The third-order valence-corrected chi connectivity index (χ3v) is 6.14. The molecule has 1 aliphatic rings. The van der Waals surface area contributed by atoms with Crippen molar-refractivity contribution >= 4 is 35.1 Å². The number of benzene rings is 3. The van der Waals surface area contributed by atoms with Gasteiger partial charge in [-0.3, -0.25) is 14.9 Å². The van der Waals surface area contributed by atoms with Crippen molar-refractivity contribution in [2.75, 3.05) is 5.32 Å². The molecule has 1 fully saturated rings. The van der Waals surface area contributed by atoms with Crippen LogP contribution in [0.4, 0.5) is 18.9 Å². The molecule has 1 saturated carbocycles. The van der Waals surface area contributed by atoms with E-state index in [4.69, 9.17) is 11.6 Å². The van der Waals surface area contributed by atoms with Crippen LogP contribution in [-0.4, -0.2) is 29.9 Å². The molecule has 37 heavy (non-hydrogen) atoms. The van der Waals surface area contributed by atoms with Gasteiger partial charge >= 0.3 is 0 Å². The van der Waals surface area contributed by atoms with Crippen LogP contribution in [-0.2, 0) is 0 Å². The fourth-order valence-electron chi connectivity index (χ4n) is 4.07. The molecule has 6 nitrogen and oxygen atoms in total. The predicted molar refractivity (Wildman–Crippen MR) is 136 cm³/mol. The van der Waals surface area contributed by atoms with Crippen molar-refractivity contribution in [1.29, 1.82) is 0 Å². The van der Waals surface area contributed by atoms with Gasteiger partial charge in [0.05, 0.1) is 6.04 Å². The normalized spacial score (nSPS) is 17.7. The summed E-state index contributed by atoms with van der Waals surface area (Å²) in [5.74, 6) is -3.68. The summed E-state index contributed by atoms with van der Waals surface area (Å²) in [5, 5.41) is 8.58. The summed E-state index contributed by atoms with van der Waals surface area (Å²) in [7, 11) is 0. The Morgan fingerprint density at radius 2 is 1.54 bits per heavy atom. The number of halogens is 4. The zero-order chi connectivity index (χ0) is 26.4. The van der Waals surface area contributed by atoms with Crippen LogP contribution in [0.1, 0.15) is 46.4 Å². The lowest BCUT2D eigenvalue weighted by atomic mass is 9.91. The number of aliphatic imine (C=N–C) groups is 1. The Morgan fingerprint density at radius 3 is 2.22 bits per heavy atom. The van der Waals surface area contributed by atoms with E-state index in [9.17, 15) is 22.8 Å². The van der Waals surface area contributed by atoms with Gasteiger partial charge in [0.2, 0.25) is 5.96 Å².